The van der Waals surface area contributed by atoms with Crippen molar-refractivity contribution in [3.63, 3.8) is 0 Å². The highest BCUT2D eigenvalue weighted by molar-refractivity contribution is 5.81. The highest BCUT2D eigenvalue weighted by atomic mass is 19.1. The van der Waals surface area contributed by atoms with Crippen LogP contribution in [0, 0.1) is 5.82 Å². The number of esters is 1. The average Bonchev–Trinajstić information content (AvgIpc) is 2.35. The molecule has 0 saturated heterocycles. The van der Waals surface area contributed by atoms with E-state index in [-0.39, 0.29) is 0 Å². The number of methoxy groups -OCH3 is 1. The van der Waals surface area contributed by atoms with E-state index in [4.69, 9.17) is 0 Å². The van der Waals surface area contributed by atoms with Crippen molar-refractivity contribution >= 4 is 5.97 Å². The zero-order valence-corrected chi connectivity index (χ0v) is 9.21. The number of aliphatic hydroxyl groups excluding tert-OH is 2. The number of halogens is 1. The maximum atomic E-state index is 12.6. The summed E-state index contributed by atoms with van der Waals surface area (Å²) in [7, 11) is 1.20. The maximum absolute atomic E-state index is 12.6. The molecule has 2 unspecified atom stereocenters. The van der Waals surface area contributed by atoms with Crippen molar-refractivity contribution in [2.24, 2.45) is 0 Å². The molecule has 2 N–H and O–H groups in total. The van der Waals surface area contributed by atoms with Gasteiger partial charge in [-0.3, -0.25) is 0 Å². The van der Waals surface area contributed by atoms with Gasteiger partial charge in [0, 0.05) is 6.08 Å². The summed E-state index contributed by atoms with van der Waals surface area (Å²) in [6, 6.07) is 5.06. The lowest BCUT2D eigenvalue weighted by atomic mass is 10.0. The van der Waals surface area contributed by atoms with Gasteiger partial charge in [-0.05, 0) is 23.8 Å². The molecule has 0 amide bonds. The molecule has 1 rings (SSSR count). The van der Waals surface area contributed by atoms with Crippen LogP contribution in [-0.4, -0.2) is 29.4 Å². The lowest BCUT2D eigenvalue weighted by Crippen LogP contribution is -2.16. The Hall–Kier alpha value is -1.72. The van der Waals surface area contributed by atoms with E-state index in [1.165, 1.54) is 31.4 Å². The molecular weight excluding hydrogens is 227 g/mol. The summed E-state index contributed by atoms with van der Waals surface area (Å²) in [4.78, 5) is 10.8. The van der Waals surface area contributed by atoms with Crippen molar-refractivity contribution < 1.29 is 24.1 Å². The fraction of sp³-hybridized carbons (Fsp3) is 0.250. The van der Waals surface area contributed by atoms with Crippen LogP contribution in [0.5, 0.6) is 0 Å². The monoisotopic (exact) mass is 240 g/mol. The highest BCUT2D eigenvalue weighted by Crippen LogP contribution is 2.17. The van der Waals surface area contributed by atoms with Crippen molar-refractivity contribution in [3.8, 4) is 0 Å². The van der Waals surface area contributed by atoms with Gasteiger partial charge in [-0.15, -0.1) is 0 Å². The average molecular weight is 240 g/mol. The van der Waals surface area contributed by atoms with Crippen molar-refractivity contribution in [3.05, 3.63) is 47.8 Å². The van der Waals surface area contributed by atoms with Gasteiger partial charge in [0.05, 0.1) is 7.11 Å². The smallest absolute Gasteiger partial charge is 0.330 e. The number of ether oxygens (including phenoxy) is 1. The second-order valence-electron chi connectivity index (χ2n) is 3.37. The molecule has 17 heavy (non-hydrogen) atoms. The Morgan fingerprint density at radius 3 is 2.47 bits per heavy atom. The lowest BCUT2D eigenvalue weighted by Gasteiger charge is -2.14. The number of hydrogen-bond acceptors (Lipinski definition) is 4. The SMILES string of the molecule is COC(=O)/C=C/C(O)C(O)c1ccc(F)cc1. The fourth-order valence-corrected chi connectivity index (χ4v) is 1.21. The minimum absolute atomic E-state index is 0.355. The van der Waals surface area contributed by atoms with E-state index in [1.807, 2.05) is 0 Å². The largest absolute Gasteiger partial charge is 0.466 e. The Morgan fingerprint density at radius 1 is 1.35 bits per heavy atom. The summed E-state index contributed by atoms with van der Waals surface area (Å²) in [6.45, 7) is 0. The summed E-state index contributed by atoms with van der Waals surface area (Å²) in [5.41, 5.74) is 0.355. The summed E-state index contributed by atoms with van der Waals surface area (Å²) < 4.78 is 17.0. The van der Waals surface area contributed by atoms with Crippen molar-refractivity contribution in [2.75, 3.05) is 7.11 Å². The van der Waals surface area contributed by atoms with Crippen LogP contribution in [0.3, 0.4) is 0 Å². The molecule has 4 nitrogen and oxygen atoms in total. The fourth-order valence-electron chi connectivity index (χ4n) is 1.21. The van der Waals surface area contributed by atoms with Gasteiger partial charge in [0.2, 0.25) is 0 Å². The van der Waals surface area contributed by atoms with Gasteiger partial charge >= 0.3 is 5.97 Å². The van der Waals surface area contributed by atoms with Crippen LogP contribution in [0.15, 0.2) is 36.4 Å². The summed E-state index contributed by atoms with van der Waals surface area (Å²) in [5, 5.41) is 19.2. The van der Waals surface area contributed by atoms with Crippen molar-refractivity contribution in [1.29, 1.82) is 0 Å². The number of carbonyl (C=O) groups is 1. The predicted molar refractivity (Wildman–Crippen MR) is 58.5 cm³/mol. The first kappa shape index (κ1) is 13.3. The predicted octanol–water partition coefficient (Wildman–Crippen LogP) is 0.949. The first-order valence-electron chi connectivity index (χ1n) is 4.92. The van der Waals surface area contributed by atoms with Crippen LogP contribution >= 0.6 is 0 Å². The van der Waals surface area contributed by atoms with Gasteiger partial charge in [0.1, 0.15) is 18.0 Å². The molecular formula is C12H13FO4. The number of aliphatic hydroxyl groups is 2. The third-order valence-electron chi connectivity index (χ3n) is 2.17. The Kier molecular flexibility index (Phi) is 4.81. The van der Waals surface area contributed by atoms with E-state index in [2.05, 4.69) is 4.74 Å². The maximum Gasteiger partial charge on any atom is 0.330 e. The highest BCUT2D eigenvalue weighted by Gasteiger charge is 2.15. The normalized spacial score (nSPS) is 14.6. The number of hydrogen-bond donors (Lipinski definition) is 2. The van der Waals surface area contributed by atoms with Gasteiger partial charge < -0.3 is 14.9 Å². The van der Waals surface area contributed by atoms with Gasteiger partial charge in [-0.1, -0.05) is 12.1 Å². The molecule has 0 saturated carbocycles. The zero-order valence-electron chi connectivity index (χ0n) is 9.21. The minimum Gasteiger partial charge on any atom is -0.466 e. The van der Waals surface area contributed by atoms with E-state index in [9.17, 15) is 19.4 Å². The van der Waals surface area contributed by atoms with Crippen LogP contribution in [0.1, 0.15) is 11.7 Å². The van der Waals surface area contributed by atoms with E-state index in [0.717, 1.165) is 12.2 Å². The summed E-state index contributed by atoms with van der Waals surface area (Å²) >= 11 is 0. The van der Waals surface area contributed by atoms with Crippen LogP contribution in [0.4, 0.5) is 4.39 Å². The third-order valence-corrected chi connectivity index (χ3v) is 2.17. The van der Waals surface area contributed by atoms with Crippen molar-refractivity contribution in [1.82, 2.24) is 0 Å². The number of rotatable bonds is 4. The molecule has 0 aliphatic carbocycles. The van der Waals surface area contributed by atoms with E-state index < -0.39 is 24.0 Å². The molecule has 92 valence electrons. The van der Waals surface area contributed by atoms with E-state index in [0.29, 0.717) is 5.56 Å². The van der Waals surface area contributed by atoms with E-state index in [1.54, 1.807) is 0 Å². The third kappa shape index (κ3) is 3.97. The first-order valence-corrected chi connectivity index (χ1v) is 4.92. The molecule has 0 aromatic heterocycles. The molecule has 0 heterocycles. The topological polar surface area (TPSA) is 66.8 Å². The van der Waals surface area contributed by atoms with Crippen LogP contribution in [0.25, 0.3) is 0 Å². The molecule has 5 heteroatoms. The molecule has 0 spiro atoms. The van der Waals surface area contributed by atoms with Crippen LogP contribution < -0.4 is 0 Å². The quantitative estimate of drug-likeness (QED) is 0.607. The Bertz CT molecular complexity index is 399. The second kappa shape index (κ2) is 6.12. The van der Waals surface area contributed by atoms with Crippen LogP contribution in [-0.2, 0) is 9.53 Å². The molecule has 2 atom stereocenters. The summed E-state index contributed by atoms with van der Waals surface area (Å²) in [6.07, 6.45) is -0.367. The molecule has 1 aromatic rings. The second-order valence-corrected chi connectivity index (χ2v) is 3.37. The number of carbonyl (C=O) groups excluding carboxylic acids is 1. The zero-order chi connectivity index (χ0) is 12.8. The summed E-state index contributed by atoms with van der Waals surface area (Å²) in [5.74, 6) is -1.06. The molecule has 1 aromatic carbocycles. The molecule has 0 aliphatic rings. The van der Waals surface area contributed by atoms with Crippen molar-refractivity contribution in [2.45, 2.75) is 12.2 Å². The molecule has 0 radical (unpaired) electrons. The standard InChI is InChI=1S/C12H13FO4/c1-17-11(15)7-6-10(14)12(16)8-2-4-9(13)5-3-8/h2-7,10,12,14,16H,1H3/b7-6+. The molecule has 0 fully saturated rings. The molecule has 0 bridgehead atoms. The van der Waals surface area contributed by atoms with Gasteiger partial charge in [-0.2, -0.15) is 0 Å². The molecule has 0 aliphatic heterocycles. The lowest BCUT2D eigenvalue weighted by molar-refractivity contribution is -0.134. The minimum atomic E-state index is -1.26. The van der Waals surface area contributed by atoms with Gasteiger partial charge in [0.15, 0.2) is 0 Å². The van der Waals surface area contributed by atoms with Crippen LogP contribution in [0.2, 0.25) is 0 Å². The Morgan fingerprint density at radius 2 is 1.94 bits per heavy atom. The first-order chi connectivity index (χ1) is 8.04. The number of benzene rings is 1. The van der Waals surface area contributed by atoms with E-state index >= 15 is 0 Å². The Labute approximate surface area is 98.0 Å². The van der Waals surface area contributed by atoms with Gasteiger partial charge in [0.25, 0.3) is 0 Å². The van der Waals surface area contributed by atoms with Gasteiger partial charge in [-0.25, -0.2) is 9.18 Å². The Balaban J connectivity index is 2.69.